The van der Waals surface area contributed by atoms with Crippen molar-refractivity contribution < 1.29 is 19.6 Å². The van der Waals surface area contributed by atoms with Crippen molar-refractivity contribution in [2.75, 3.05) is 38.6 Å². The normalized spacial score (nSPS) is 25.8. The first-order chi connectivity index (χ1) is 18.2. The number of carbonyl (C=O) groups is 2. The van der Waals surface area contributed by atoms with Gasteiger partial charge >= 0.3 is 0 Å². The molecule has 0 spiro atoms. The van der Waals surface area contributed by atoms with E-state index in [2.05, 4.69) is 40.5 Å². The molecular formula is C30H41N5O3. The lowest BCUT2D eigenvalue weighted by atomic mass is 9.74. The smallest absolute Gasteiger partial charge is 0.220 e. The van der Waals surface area contributed by atoms with Crippen LogP contribution in [-0.4, -0.2) is 61.6 Å². The number of carboxylic acid groups (broad SMARTS) is 1. The predicted octanol–water partition coefficient (Wildman–Crippen LogP) is 1.49. The summed E-state index contributed by atoms with van der Waals surface area (Å²) < 4.78 is 0. The number of nitrogens with one attached hydrogen (secondary N) is 2. The molecule has 4 aliphatic rings. The highest BCUT2D eigenvalue weighted by molar-refractivity contribution is 5.78. The lowest BCUT2D eigenvalue weighted by Gasteiger charge is -2.46. The van der Waals surface area contributed by atoms with Crippen molar-refractivity contribution in [1.29, 1.82) is 0 Å². The van der Waals surface area contributed by atoms with Gasteiger partial charge in [-0.25, -0.2) is 9.97 Å². The van der Waals surface area contributed by atoms with Crippen LogP contribution in [0, 0.1) is 18.3 Å². The zero-order valence-electron chi connectivity index (χ0n) is 23.0. The Morgan fingerprint density at radius 3 is 2.50 bits per heavy atom. The molecule has 8 nitrogen and oxygen atoms in total. The zero-order chi connectivity index (χ0) is 26.9. The molecule has 1 aliphatic carbocycles. The van der Waals surface area contributed by atoms with Gasteiger partial charge in [0.2, 0.25) is 5.91 Å². The van der Waals surface area contributed by atoms with Gasteiger partial charge < -0.3 is 25.0 Å². The standard InChI is InChI=1S/C30H41N5O3/c1-20-32-26(21-6-8-23(9-7-21)34(2)3)15-27(33-20)25-19-35-13-10-22(25)14-24(35)18-31-28(36)16-30(17-29(37)38)11-4-5-12-30/h6-9,15,22,24-25H,4-5,10-14,16-19H2,1-3H3,(H,31,36)(H,37,38)/t22-,24+,25-/m0/s1. The van der Waals surface area contributed by atoms with Crippen LogP contribution in [0.5, 0.6) is 0 Å². The Kier molecular flexibility index (Phi) is 7.70. The van der Waals surface area contributed by atoms with Crippen LogP contribution in [0.2, 0.25) is 0 Å². The maximum Gasteiger partial charge on any atom is 0.220 e. The number of quaternary nitrogens is 1. The summed E-state index contributed by atoms with van der Waals surface area (Å²) in [6, 6.07) is 11.1. The Bertz CT molecular complexity index is 1160. The highest BCUT2D eigenvalue weighted by atomic mass is 16.4. The van der Waals surface area contributed by atoms with Crippen molar-refractivity contribution >= 4 is 17.6 Å². The molecule has 1 amide bonds. The lowest BCUT2D eigenvalue weighted by molar-refractivity contribution is -0.942. The average Bonchev–Trinajstić information content (AvgIpc) is 3.34. The van der Waals surface area contributed by atoms with Gasteiger partial charge in [0.1, 0.15) is 11.9 Å². The van der Waals surface area contributed by atoms with Crippen LogP contribution >= 0.6 is 0 Å². The number of aliphatic carboxylic acids is 1. The van der Waals surface area contributed by atoms with Crippen LogP contribution < -0.4 is 20.2 Å². The molecular weight excluding hydrogens is 478 g/mol. The summed E-state index contributed by atoms with van der Waals surface area (Å²) in [6.07, 6.45) is 6.14. The molecule has 8 heteroatoms. The Morgan fingerprint density at radius 1 is 1.13 bits per heavy atom. The first-order valence-corrected chi connectivity index (χ1v) is 14.2. The van der Waals surface area contributed by atoms with Crippen molar-refractivity contribution in [2.24, 2.45) is 11.3 Å². The number of piperidine rings is 3. The number of carbonyl (C=O) groups excluding carboxylic acids is 2. The number of carboxylic acids is 1. The fourth-order valence-electron chi connectivity index (χ4n) is 7.23. The number of hydrogen-bond acceptors (Lipinski definition) is 6. The van der Waals surface area contributed by atoms with Gasteiger partial charge in [0, 0.05) is 50.6 Å². The van der Waals surface area contributed by atoms with Crippen LogP contribution in [0.25, 0.3) is 11.3 Å². The van der Waals surface area contributed by atoms with Crippen molar-refractivity contribution in [1.82, 2.24) is 15.3 Å². The topological polar surface area (TPSA) is 103 Å². The zero-order valence-corrected chi connectivity index (χ0v) is 23.0. The Labute approximate surface area is 225 Å². The lowest BCUT2D eigenvalue weighted by Crippen LogP contribution is -3.20. The Morgan fingerprint density at radius 2 is 1.87 bits per heavy atom. The van der Waals surface area contributed by atoms with E-state index >= 15 is 0 Å². The fraction of sp³-hybridized carbons (Fsp3) is 0.600. The monoisotopic (exact) mass is 519 g/mol. The number of anilines is 1. The van der Waals surface area contributed by atoms with E-state index < -0.39 is 11.4 Å². The molecule has 2 N–H and O–H groups in total. The summed E-state index contributed by atoms with van der Waals surface area (Å²) in [5.74, 6) is 0.702. The minimum atomic E-state index is -1.04. The van der Waals surface area contributed by atoms with Crippen LogP contribution in [0.4, 0.5) is 5.69 Å². The second-order valence-corrected chi connectivity index (χ2v) is 12.1. The van der Waals surface area contributed by atoms with Gasteiger partial charge in [-0.1, -0.05) is 25.0 Å². The summed E-state index contributed by atoms with van der Waals surface area (Å²) in [7, 11) is 4.08. The van der Waals surface area contributed by atoms with Gasteiger partial charge in [-0.15, -0.1) is 0 Å². The molecule has 1 aromatic heterocycles. The van der Waals surface area contributed by atoms with Gasteiger partial charge in [-0.2, -0.15) is 0 Å². The van der Waals surface area contributed by atoms with Gasteiger partial charge in [0.25, 0.3) is 0 Å². The second-order valence-electron chi connectivity index (χ2n) is 12.1. The summed E-state index contributed by atoms with van der Waals surface area (Å²) >= 11 is 0. The van der Waals surface area contributed by atoms with Crippen molar-refractivity contribution in [2.45, 2.75) is 70.3 Å². The maximum absolute atomic E-state index is 12.8. The van der Waals surface area contributed by atoms with E-state index in [9.17, 15) is 14.7 Å². The number of aryl methyl sites for hydroxylation is 1. The van der Waals surface area contributed by atoms with E-state index in [1.807, 2.05) is 21.0 Å². The van der Waals surface area contributed by atoms with E-state index in [1.165, 1.54) is 11.3 Å². The molecule has 204 valence electrons. The highest BCUT2D eigenvalue weighted by Gasteiger charge is 2.45. The van der Waals surface area contributed by atoms with Crippen LogP contribution in [0.3, 0.4) is 0 Å². The van der Waals surface area contributed by atoms with Gasteiger partial charge in [0.15, 0.2) is 0 Å². The molecule has 4 fully saturated rings. The quantitative estimate of drug-likeness (QED) is 0.521. The minimum Gasteiger partial charge on any atom is -0.550 e. The molecule has 3 saturated heterocycles. The third-order valence-electron chi connectivity index (χ3n) is 9.23. The Hall–Kier alpha value is -3.00. The molecule has 38 heavy (non-hydrogen) atoms. The third kappa shape index (κ3) is 5.85. The van der Waals surface area contributed by atoms with Gasteiger partial charge in [-0.05, 0) is 55.7 Å². The summed E-state index contributed by atoms with van der Waals surface area (Å²) in [5.41, 5.74) is 3.97. The molecule has 6 rings (SSSR count). The number of fused-ring (bicyclic) bond motifs is 3. The van der Waals surface area contributed by atoms with E-state index in [-0.39, 0.29) is 12.3 Å². The second kappa shape index (κ2) is 11.0. The number of amides is 1. The molecule has 3 aliphatic heterocycles. The highest BCUT2D eigenvalue weighted by Crippen LogP contribution is 2.44. The van der Waals surface area contributed by atoms with E-state index in [0.717, 1.165) is 73.7 Å². The number of benzene rings is 1. The van der Waals surface area contributed by atoms with E-state index in [0.29, 0.717) is 30.8 Å². The van der Waals surface area contributed by atoms with Crippen LogP contribution in [0.15, 0.2) is 30.3 Å². The number of nitrogens with zero attached hydrogens (tertiary/aromatic N) is 3. The van der Waals surface area contributed by atoms with Crippen molar-refractivity contribution in [3.8, 4) is 11.3 Å². The molecule has 0 radical (unpaired) electrons. The van der Waals surface area contributed by atoms with Crippen molar-refractivity contribution in [3.63, 3.8) is 0 Å². The van der Waals surface area contributed by atoms with Crippen molar-refractivity contribution in [3.05, 3.63) is 41.9 Å². The van der Waals surface area contributed by atoms with E-state index in [4.69, 9.17) is 9.97 Å². The number of hydrogen-bond donors (Lipinski definition) is 2. The largest absolute Gasteiger partial charge is 0.550 e. The average molecular weight is 520 g/mol. The van der Waals surface area contributed by atoms with Crippen LogP contribution in [0.1, 0.15) is 68.8 Å². The Balaban J connectivity index is 1.22. The molecule has 1 unspecified atom stereocenters. The molecule has 2 bridgehead atoms. The maximum atomic E-state index is 12.8. The molecule has 4 heterocycles. The fourth-order valence-corrected chi connectivity index (χ4v) is 7.23. The van der Waals surface area contributed by atoms with Gasteiger partial charge in [0.05, 0.1) is 36.9 Å². The molecule has 1 saturated carbocycles. The number of rotatable bonds is 9. The van der Waals surface area contributed by atoms with Crippen LogP contribution in [-0.2, 0) is 9.59 Å². The first-order valence-electron chi connectivity index (χ1n) is 14.2. The summed E-state index contributed by atoms with van der Waals surface area (Å²) in [6.45, 7) is 4.78. The third-order valence-corrected chi connectivity index (χ3v) is 9.23. The molecule has 2 aromatic rings. The predicted molar refractivity (Wildman–Crippen MR) is 145 cm³/mol. The van der Waals surface area contributed by atoms with Gasteiger partial charge in [-0.3, -0.25) is 4.79 Å². The SMILES string of the molecule is Cc1nc(-c2ccc(N(C)C)cc2)cc([C@H]2C[NH+]3CC[C@H]2C[C@@H]3CNC(=O)CC2(CC(=O)[O-])CCCC2)n1. The molecule has 1 aromatic carbocycles. The number of aromatic nitrogens is 2. The summed E-state index contributed by atoms with van der Waals surface area (Å²) in [4.78, 5) is 37.4. The first kappa shape index (κ1) is 26.6. The van der Waals surface area contributed by atoms with E-state index in [1.54, 1.807) is 0 Å². The molecule has 4 atom stereocenters. The minimum absolute atomic E-state index is 0.00882. The summed E-state index contributed by atoms with van der Waals surface area (Å²) in [5, 5.41) is 14.5.